The van der Waals surface area contributed by atoms with E-state index in [1.807, 2.05) is 26.0 Å². The number of benzene rings is 1. The first-order chi connectivity index (χ1) is 8.95. The van der Waals surface area contributed by atoms with Gasteiger partial charge in [0, 0.05) is 12.3 Å². The summed E-state index contributed by atoms with van der Waals surface area (Å²) in [6.45, 7) is 4.36. The summed E-state index contributed by atoms with van der Waals surface area (Å²) in [5.74, 6) is -1.03. The Morgan fingerprint density at radius 2 is 1.79 bits per heavy atom. The second-order valence-electron chi connectivity index (χ2n) is 4.69. The van der Waals surface area contributed by atoms with Crippen LogP contribution in [0.3, 0.4) is 0 Å². The van der Waals surface area contributed by atoms with Gasteiger partial charge in [-0.1, -0.05) is 29.3 Å². The Bertz CT molecular complexity index is 666. The van der Waals surface area contributed by atoms with Crippen molar-refractivity contribution < 1.29 is 9.90 Å². The molecule has 4 nitrogen and oxygen atoms in total. The molecule has 4 heteroatoms. The van der Waals surface area contributed by atoms with E-state index in [1.54, 1.807) is 0 Å². The fourth-order valence-corrected chi connectivity index (χ4v) is 2.14. The molecule has 19 heavy (non-hydrogen) atoms. The van der Waals surface area contributed by atoms with Gasteiger partial charge in [0.2, 0.25) is 0 Å². The molecule has 1 heterocycles. The van der Waals surface area contributed by atoms with E-state index >= 15 is 0 Å². The highest BCUT2D eigenvalue weighted by Gasteiger charge is 2.06. The van der Waals surface area contributed by atoms with Crippen molar-refractivity contribution in [2.24, 2.45) is 0 Å². The Morgan fingerprint density at radius 3 is 2.37 bits per heavy atom. The van der Waals surface area contributed by atoms with E-state index in [1.165, 1.54) is 22.9 Å². The zero-order valence-corrected chi connectivity index (χ0v) is 10.9. The van der Waals surface area contributed by atoms with Gasteiger partial charge >= 0.3 is 5.97 Å². The van der Waals surface area contributed by atoms with Gasteiger partial charge in [0.25, 0.3) is 5.56 Å². The smallest absolute Gasteiger partial charge is 0.337 e. The molecule has 0 radical (unpaired) electrons. The molecule has 0 aliphatic carbocycles. The summed E-state index contributed by atoms with van der Waals surface area (Å²) in [7, 11) is 0. The van der Waals surface area contributed by atoms with Crippen molar-refractivity contribution in [3.63, 3.8) is 0 Å². The molecule has 0 amide bonds. The Kier molecular flexibility index (Phi) is 3.51. The van der Waals surface area contributed by atoms with Gasteiger partial charge in [0.1, 0.15) is 0 Å². The monoisotopic (exact) mass is 257 g/mol. The molecule has 0 unspecified atom stereocenters. The SMILES string of the molecule is Cc1cc(C)cc(Cn2cc(C(=O)O)ccc2=O)c1. The van der Waals surface area contributed by atoms with Crippen LogP contribution >= 0.6 is 0 Å². The van der Waals surface area contributed by atoms with E-state index in [4.69, 9.17) is 5.11 Å². The third kappa shape index (κ3) is 3.10. The highest BCUT2D eigenvalue weighted by molar-refractivity contribution is 5.87. The molecule has 0 bridgehead atoms. The van der Waals surface area contributed by atoms with Gasteiger partial charge < -0.3 is 9.67 Å². The summed E-state index contributed by atoms with van der Waals surface area (Å²) in [6.07, 6.45) is 1.38. The summed E-state index contributed by atoms with van der Waals surface area (Å²) < 4.78 is 1.41. The van der Waals surface area contributed by atoms with Gasteiger partial charge in [-0.15, -0.1) is 0 Å². The molecule has 0 saturated carbocycles. The number of hydrogen-bond acceptors (Lipinski definition) is 2. The van der Waals surface area contributed by atoms with Crippen LogP contribution in [0.5, 0.6) is 0 Å². The topological polar surface area (TPSA) is 59.3 Å². The predicted octanol–water partition coefficient (Wildman–Crippen LogP) is 2.21. The first kappa shape index (κ1) is 13.1. The summed E-state index contributed by atoms with van der Waals surface area (Å²) >= 11 is 0. The molecule has 0 atom stereocenters. The van der Waals surface area contributed by atoms with E-state index < -0.39 is 5.97 Å². The van der Waals surface area contributed by atoms with E-state index in [0.29, 0.717) is 6.54 Å². The van der Waals surface area contributed by atoms with E-state index in [9.17, 15) is 9.59 Å². The van der Waals surface area contributed by atoms with Gasteiger partial charge in [-0.3, -0.25) is 4.79 Å². The lowest BCUT2D eigenvalue weighted by atomic mass is 10.1. The van der Waals surface area contributed by atoms with Crippen LogP contribution < -0.4 is 5.56 Å². The number of aromatic nitrogens is 1. The van der Waals surface area contributed by atoms with Crippen molar-refractivity contribution in [1.29, 1.82) is 0 Å². The Hall–Kier alpha value is -2.36. The van der Waals surface area contributed by atoms with Gasteiger partial charge in [-0.2, -0.15) is 0 Å². The molecule has 1 N–H and O–H groups in total. The average molecular weight is 257 g/mol. The van der Waals surface area contributed by atoms with Crippen LogP contribution in [0, 0.1) is 13.8 Å². The summed E-state index contributed by atoms with van der Waals surface area (Å²) in [5.41, 5.74) is 3.14. The molecule has 0 fully saturated rings. The average Bonchev–Trinajstić information content (AvgIpc) is 2.30. The molecule has 1 aromatic heterocycles. The van der Waals surface area contributed by atoms with Crippen LogP contribution in [-0.4, -0.2) is 15.6 Å². The number of aryl methyl sites for hydroxylation is 2. The maximum Gasteiger partial charge on any atom is 0.337 e. The van der Waals surface area contributed by atoms with Gasteiger partial charge in [-0.25, -0.2) is 4.79 Å². The number of rotatable bonds is 3. The van der Waals surface area contributed by atoms with E-state index in [-0.39, 0.29) is 11.1 Å². The lowest BCUT2D eigenvalue weighted by Crippen LogP contribution is -2.20. The lowest BCUT2D eigenvalue weighted by Gasteiger charge is -2.08. The van der Waals surface area contributed by atoms with Gasteiger partial charge in [0.15, 0.2) is 0 Å². The second kappa shape index (κ2) is 5.10. The van der Waals surface area contributed by atoms with Crippen molar-refractivity contribution in [2.45, 2.75) is 20.4 Å². The highest BCUT2D eigenvalue weighted by atomic mass is 16.4. The number of hydrogen-bond donors (Lipinski definition) is 1. The molecule has 98 valence electrons. The third-order valence-corrected chi connectivity index (χ3v) is 2.86. The Labute approximate surface area is 110 Å². The highest BCUT2D eigenvalue weighted by Crippen LogP contribution is 2.10. The Morgan fingerprint density at radius 1 is 1.16 bits per heavy atom. The van der Waals surface area contributed by atoms with E-state index in [2.05, 4.69) is 6.07 Å². The molecular weight excluding hydrogens is 242 g/mol. The summed E-state index contributed by atoms with van der Waals surface area (Å²) in [6, 6.07) is 8.65. The molecule has 0 saturated heterocycles. The molecule has 0 aliphatic rings. The molecule has 0 spiro atoms. The normalized spacial score (nSPS) is 10.4. The number of carboxylic acids is 1. The minimum atomic E-state index is -1.03. The van der Waals surface area contributed by atoms with Gasteiger partial charge in [0.05, 0.1) is 12.1 Å². The van der Waals surface area contributed by atoms with Gasteiger partial charge in [-0.05, 0) is 25.5 Å². The van der Waals surface area contributed by atoms with Crippen LogP contribution in [-0.2, 0) is 6.54 Å². The van der Waals surface area contributed by atoms with Crippen molar-refractivity contribution in [2.75, 3.05) is 0 Å². The summed E-state index contributed by atoms with van der Waals surface area (Å²) in [5, 5.41) is 8.94. The largest absolute Gasteiger partial charge is 0.478 e. The predicted molar refractivity (Wildman–Crippen MR) is 72.7 cm³/mol. The molecule has 0 aliphatic heterocycles. The fraction of sp³-hybridized carbons (Fsp3) is 0.200. The van der Waals surface area contributed by atoms with Crippen LogP contribution in [0.25, 0.3) is 0 Å². The number of carbonyl (C=O) groups is 1. The zero-order chi connectivity index (χ0) is 14.0. The van der Waals surface area contributed by atoms with Crippen LogP contribution in [0.1, 0.15) is 27.0 Å². The van der Waals surface area contributed by atoms with E-state index in [0.717, 1.165) is 16.7 Å². The number of carboxylic acid groups (broad SMARTS) is 1. The number of aromatic carboxylic acids is 1. The molecule has 2 rings (SSSR count). The number of nitrogens with zero attached hydrogens (tertiary/aromatic N) is 1. The third-order valence-electron chi connectivity index (χ3n) is 2.86. The minimum Gasteiger partial charge on any atom is -0.478 e. The Balaban J connectivity index is 2.40. The maximum absolute atomic E-state index is 11.7. The first-order valence-electron chi connectivity index (χ1n) is 5.96. The molecule has 1 aromatic carbocycles. The standard InChI is InChI=1S/C15H15NO3/c1-10-5-11(2)7-12(6-10)8-16-9-13(15(18)19)3-4-14(16)17/h3-7,9H,8H2,1-2H3,(H,18,19). The zero-order valence-electron chi connectivity index (χ0n) is 10.9. The van der Waals surface area contributed by atoms with Crippen molar-refractivity contribution in [3.05, 3.63) is 69.1 Å². The molecule has 2 aromatic rings. The fourth-order valence-electron chi connectivity index (χ4n) is 2.14. The quantitative estimate of drug-likeness (QED) is 0.917. The van der Waals surface area contributed by atoms with Crippen molar-refractivity contribution in [1.82, 2.24) is 4.57 Å². The molecular formula is C15H15NO3. The van der Waals surface area contributed by atoms with Crippen LogP contribution in [0.15, 0.2) is 41.3 Å². The van der Waals surface area contributed by atoms with Crippen LogP contribution in [0.2, 0.25) is 0 Å². The second-order valence-corrected chi connectivity index (χ2v) is 4.69. The van der Waals surface area contributed by atoms with Crippen LogP contribution in [0.4, 0.5) is 0 Å². The number of pyridine rings is 1. The lowest BCUT2D eigenvalue weighted by molar-refractivity contribution is 0.0696. The summed E-state index contributed by atoms with van der Waals surface area (Å²) in [4.78, 5) is 22.6. The maximum atomic E-state index is 11.7. The first-order valence-corrected chi connectivity index (χ1v) is 5.96. The van der Waals surface area contributed by atoms with Crippen molar-refractivity contribution in [3.8, 4) is 0 Å². The minimum absolute atomic E-state index is 0.115. The van der Waals surface area contributed by atoms with Crippen molar-refractivity contribution >= 4 is 5.97 Å².